The second-order valence-corrected chi connectivity index (χ2v) is 8.66. The molecule has 2 aromatic rings. The molecular formula is C19H16BrIN2O3S. The van der Waals surface area contributed by atoms with Crippen molar-refractivity contribution in [1.82, 2.24) is 4.90 Å². The number of phenols is 1. The average molecular weight is 559 g/mol. The van der Waals surface area contributed by atoms with E-state index in [9.17, 15) is 9.90 Å². The smallest absolute Gasteiger partial charge is 0.266 e. The van der Waals surface area contributed by atoms with Gasteiger partial charge in [0.25, 0.3) is 5.91 Å². The maximum Gasteiger partial charge on any atom is 0.266 e. The summed E-state index contributed by atoms with van der Waals surface area (Å²) in [5.41, 5.74) is 1.33. The largest absolute Gasteiger partial charge is 0.506 e. The summed E-state index contributed by atoms with van der Waals surface area (Å²) in [6, 6.07) is 10.9. The molecule has 1 fully saturated rings. The van der Waals surface area contributed by atoms with Crippen molar-refractivity contribution in [2.75, 3.05) is 13.7 Å². The van der Waals surface area contributed by atoms with Gasteiger partial charge in [-0.15, -0.1) is 0 Å². The van der Waals surface area contributed by atoms with Gasteiger partial charge < -0.3 is 9.84 Å². The average Bonchev–Trinajstić information content (AvgIpc) is 2.94. The minimum absolute atomic E-state index is 0.121. The van der Waals surface area contributed by atoms with Gasteiger partial charge in [0.15, 0.2) is 5.17 Å². The molecule has 0 bridgehead atoms. The summed E-state index contributed by atoms with van der Waals surface area (Å²) >= 11 is 6.78. The minimum atomic E-state index is -0.121. The fourth-order valence-corrected chi connectivity index (χ4v) is 5.08. The van der Waals surface area contributed by atoms with Crippen LogP contribution in [-0.4, -0.2) is 34.7 Å². The molecule has 8 heteroatoms. The van der Waals surface area contributed by atoms with Gasteiger partial charge in [-0.1, -0.05) is 15.9 Å². The Labute approximate surface area is 183 Å². The standard InChI is InChI=1S/C19H16BrIN2O3S/c1-3-23-18(25)16(9-11-8-12(20)10-15(21)17(11)24)27-19(23)22-13-4-6-14(26-2)7-5-13/h4-10,24H,3H2,1-2H3/b16-9-,22-19?. The molecule has 27 heavy (non-hydrogen) atoms. The number of ether oxygens (including phenoxy) is 1. The van der Waals surface area contributed by atoms with Crippen LogP contribution in [0.4, 0.5) is 5.69 Å². The van der Waals surface area contributed by atoms with E-state index in [1.54, 1.807) is 24.2 Å². The number of likely N-dealkylation sites (N-methyl/N-ethyl adjacent to an activating group) is 1. The van der Waals surface area contributed by atoms with Crippen LogP contribution in [0.25, 0.3) is 6.08 Å². The van der Waals surface area contributed by atoms with Crippen molar-refractivity contribution in [2.45, 2.75) is 6.92 Å². The Balaban J connectivity index is 1.96. The summed E-state index contributed by atoms with van der Waals surface area (Å²) in [4.78, 5) is 19.5. The molecule has 0 saturated carbocycles. The summed E-state index contributed by atoms with van der Waals surface area (Å²) in [5, 5.41) is 10.9. The van der Waals surface area contributed by atoms with Crippen molar-refractivity contribution >= 4 is 73.1 Å². The molecule has 0 aromatic heterocycles. The van der Waals surface area contributed by atoms with E-state index in [4.69, 9.17) is 4.74 Å². The van der Waals surface area contributed by atoms with E-state index in [0.29, 0.717) is 25.8 Å². The number of amidine groups is 1. The highest BCUT2D eigenvalue weighted by atomic mass is 127. The van der Waals surface area contributed by atoms with Gasteiger partial charge in [0.1, 0.15) is 11.5 Å². The van der Waals surface area contributed by atoms with E-state index in [2.05, 4.69) is 43.5 Å². The highest BCUT2D eigenvalue weighted by Gasteiger charge is 2.32. The molecule has 0 spiro atoms. The molecule has 0 atom stereocenters. The van der Waals surface area contributed by atoms with Gasteiger partial charge in [-0.25, -0.2) is 4.99 Å². The summed E-state index contributed by atoms with van der Waals surface area (Å²) in [7, 11) is 1.61. The summed E-state index contributed by atoms with van der Waals surface area (Å²) in [6.07, 6.45) is 1.70. The van der Waals surface area contributed by atoms with Crippen molar-refractivity contribution in [3.8, 4) is 11.5 Å². The zero-order valence-electron chi connectivity index (χ0n) is 14.6. The van der Waals surface area contributed by atoms with Gasteiger partial charge in [0.2, 0.25) is 0 Å². The van der Waals surface area contributed by atoms with Gasteiger partial charge >= 0.3 is 0 Å². The lowest BCUT2D eigenvalue weighted by Crippen LogP contribution is -2.28. The predicted octanol–water partition coefficient (Wildman–Crippen LogP) is 5.39. The van der Waals surface area contributed by atoms with Crippen molar-refractivity contribution in [3.63, 3.8) is 0 Å². The number of thioether (sulfide) groups is 1. The number of halogens is 2. The number of nitrogens with zero attached hydrogens (tertiary/aromatic N) is 2. The zero-order chi connectivity index (χ0) is 19.6. The number of carbonyl (C=O) groups is 1. The quantitative estimate of drug-likeness (QED) is 0.403. The first-order valence-electron chi connectivity index (χ1n) is 8.05. The number of phenolic OH excluding ortho intramolecular Hbond substituents is 1. The molecule has 140 valence electrons. The Hall–Kier alpha value is -1.52. The second kappa shape index (κ2) is 8.66. The number of aliphatic imine (C=N–C) groups is 1. The second-order valence-electron chi connectivity index (χ2n) is 5.58. The van der Waals surface area contributed by atoms with E-state index in [1.165, 1.54) is 11.8 Å². The van der Waals surface area contributed by atoms with Gasteiger partial charge in [0, 0.05) is 16.6 Å². The van der Waals surface area contributed by atoms with E-state index in [0.717, 1.165) is 15.9 Å². The van der Waals surface area contributed by atoms with Gasteiger partial charge in [-0.2, -0.15) is 0 Å². The Morgan fingerprint density at radius 3 is 2.67 bits per heavy atom. The fourth-order valence-electron chi connectivity index (χ4n) is 2.47. The monoisotopic (exact) mass is 558 g/mol. The molecule has 1 heterocycles. The van der Waals surface area contributed by atoms with E-state index in [1.807, 2.05) is 37.3 Å². The molecule has 5 nitrogen and oxygen atoms in total. The molecule has 1 saturated heterocycles. The third-order valence-electron chi connectivity index (χ3n) is 3.85. The molecule has 3 rings (SSSR count). The van der Waals surface area contributed by atoms with Crippen molar-refractivity contribution < 1.29 is 14.6 Å². The Kier molecular flexibility index (Phi) is 6.48. The van der Waals surface area contributed by atoms with Crippen LogP contribution in [0, 0.1) is 3.57 Å². The highest BCUT2D eigenvalue weighted by molar-refractivity contribution is 14.1. The van der Waals surface area contributed by atoms with Crippen LogP contribution in [0.15, 0.2) is 50.8 Å². The number of hydrogen-bond donors (Lipinski definition) is 1. The summed E-state index contributed by atoms with van der Waals surface area (Å²) in [6.45, 7) is 2.42. The van der Waals surface area contributed by atoms with Crippen LogP contribution in [0.1, 0.15) is 12.5 Å². The third kappa shape index (κ3) is 4.49. The molecule has 1 aliphatic heterocycles. The first kappa shape index (κ1) is 20.2. The highest BCUT2D eigenvalue weighted by Crippen LogP contribution is 2.37. The lowest BCUT2D eigenvalue weighted by atomic mass is 10.2. The van der Waals surface area contributed by atoms with Crippen molar-refractivity contribution in [1.29, 1.82) is 0 Å². The number of amides is 1. The topological polar surface area (TPSA) is 62.1 Å². The molecular weight excluding hydrogens is 543 g/mol. The number of hydrogen-bond acceptors (Lipinski definition) is 5. The fraction of sp³-hybridized carbons (Fsp3) is 0.158. The summed E-state index contributed by atoms with van der Waals surface area (Å²) in [5.74, 6) is 0.786. The van der Waals surface area contributed by atoms with Gasteiger partial charge in [-0.05, 0) is 83.8 Å². The van der Waals surface area contributed by atoms with Gasteiger partial charge in [0.05, 0.1) is 21.3 Å². The molecule has 1 amide bonds. The molecule has 2 aromatic carbocycles. The Bertz CT molecular complexity index is 945. The maximum absolute atomic E-state index is 12.8. The summed E-state index contributed by atoms with van der Waals surface area (Å²) < 4.78 is 6.71. The normalized spacial score (nSPS) is 17.2. The van der Waals surface area contributed by atoms with Gasteiger partial charge in [-0.3, -0.25) is 9.69 Å². The molecule has 0 radical (unpaired) electrons. The van der Waals surface area contributed by atoms with E-state index in [-0.39, 0.29) is 11.7 Å². The Morgan fingerprint density at radius 2 is 2.04 bits per heavy atom. The number of rotatable bonds is 4. The lowest BCUT2D eigenvalue weighted by molar-refractivity contribution is -0.122. The van der Waals surface area contributed by atoms with Crippen LogP contribution in [-0.2, 0) is 4.79 Å². The SMILES string of the molecule is CCN1C(=O)/C(=C/c2cc(Br)cc(I)c2O)SC1=Nc1ccc(OC)cc1. The van der Waals surface area contributed by atoms with Crippen molar-refractivity contribution in [2.24, 2.45) is 4.99 Å². The predicted molar refractivity (Wildman–Crippen MR) is 122 cm³/mol. The number of carbonyl (C=O) groups excluding carboxylic acids is 1. The van der Waals surface area contributed by atoms with E-state index < -0.39 is 0 Å². The first-order valence-corrected chi connectivity index (χ1v) is 10.7. The first-order chi connectivity index (χ1) is 12.9. The molecule has 1 aliphatic rings. The maximum atomic E-state index is 12.8. The number of methoxy groups -OCH3 is 1. The van der Waals surface area contributed by atoms with Crippen LogP contribution < -0.4 is 4.74 Å². The van der Waals surface area contributed by atoms with Crippen LogP contribution in [0.5, 0.6) is 11.5 Å². The van der Waals surface area contributed by atoms with Crippen LogP contribution in [0.2, 0.25) is 0 Å². The zero-order valence-corrected chi connectivity index (χ0v) is 19.1. The number of benzene rings is 2. The minimum Gasteiger partial charge on any atom is -0.506 e. The Morgan fingerprint density at radius 1 is 1.33 bits per heavy atom. The number of aromatic hydroxyl groups is 1. The van der Waals surface area contributed by atoms with Crippen LogP contribution in [0.3, 0.4) is 0 Å². The van der Waals surface area contributed by atoms with E-state index >= 15 is 0 Å². The van der Waals surface area contributed by atoms with Crippen molar-refractivity contribution in [3.05, 3.63) is 54.9 Å². The molecule has 0 unspecified atom stereocenters. The lowest BCUT2D eigenvalue weighted by Gasteiger charge is -2.12. The third-order valence-corrected chi connectivity index (χ3v) is 6.13. The molecule has 1 N–H and O–H groups in total. The van der Waals surface area contributed by atoms with Crippen LogP contribution >= 0.6 is 50.3 Å². The molecule has 0 aliphatic carbocycles.